The average Bonchev–Trinajstić information content (AvgIpc) is 2.96. The van der Waals surface area contributed by atoms with E-state index in [4.69, 9.17) is 9.47 Å². The SMILES string of the molecule is COC(=O)c1sc2nc(COC(=O)c3ccccc3)[nH]c(=O)c2c1C. The van der Waals surface area contributed by atoms with Crippen molar-refractivity contribution in [3.63, 3.8) is 0 Å². The first kappa shape index (κ1) is 16.8. The van der Waals surface area contributed by atoms with Crippen LogP contribution in [0.2, 0.25) is 0 Å². The van der Waals surface area contributed by atoms with E-state index in [1.807, 2.05) is 0 Å². The van der Waals surface area contributed by atoms with E-state index in [-0.39, 0.29) is 18.0 Å². The zero-order chi connectivity index (χ0) is 18.0. The van der Waals surface area contributed by atoms with Crippen LogP contribution in [0.15, 0.2) is 35.1 Å². The van der Waals surface area contributed by atoms with Crippen molar-refractivity contribution in [2.24, 2.45) is 0 Å². The Kier molecular flexibility index (Phi) is 4.62. The van der Waals surface area contributed by atoms with E-state index in [2.05, 4.69) is 9.97 Å². The summed E-state index contributed by atoms with van der Waals surface area (Å²) in [6.07, 6.45) is 0. The van der Waals surface area contributed by atoms with Crippen LogP contribution in [-0.2, 0) is 16.1 Å². The lowest BCUT2D eigenvalue weighted by molar-refractivity contribution is 0.0462. The Morgan fingerprint density at radius 1 is 1.20 bits per heavy atom. The standard InChI is InChI=1S/C17H14N2O5S/c1-9-12-14(20)18-11(19-15(12)25-13(9)17(22)23-2)8-24-16(21)10-6-4-3-5-7-10/h3-7H,8H2,1-2H3,(H,18,19,20). The second-order valence-electron chi connectivity index (χ2n) is 5.18. The van der Waals surface area contributed by atoms with Gasteiger partial charge in [-0.1, -0.05) is 18.2 Å². The summed E-state index contributed by atoms with van der Waals surface area (Å²) in [5.74, 6) is -0.822. The summed E-state index contributed by atoms with van der Waals surface area (Å²) in [4.78, 5) is 43.6. The lowest BCUT2D eigenvalue weighted by Gasteiger charge is -2.04. The lowest BCUT2D eigenvalue weighted by atomic mass is 10.2. The van der Waals surface area contributed by atoms with Crippen LogP contribution in [0.25, 0.3) is 10.2 Å². The van der Waals surface area contributed by atoms with E-state index in [1.165, 1.54) is 7.11 Å². The number of thiophene rings is 1. The second-order valence-corrected chi connectivity index (χ2v) is 6.18. The Labute approximate surface area is 146 Å². The molecule has 0 spiro atoms. The Bertz CT molecular complexity index is 1010. The average molecular weight is 358 g/mol. The van der Waals surface area contributed by atoms with Gasteiger partial charge in [-0.25, -0.2) is 14.6 Å². The van der Waals surface area contributed by atoms with Crippen molar-refractivity contribution in [2.45, 2.75) is 13.5 Å². The fourth-order valence-electron chi connectivity index (χ4n) is 2.34. The molecule has 0 bridgehead atoms. The predicted molar refractivity (Wildman–Crippen MR) is 91.9 cm³/mol. The molecule has 0 saturated heterocycles. The number of rotatable bonds is 4. The first-order valence-electron chi connectivity index (χ1n) is 7.34. The van der Waals surface area contributed by atoms with Crippen molar-refractivity contribution in [3.05, 3.63) is 62.5 Å². The molecule has 0 fully saturated rings. The van der Waals surface area contributed by atoms with E-state index in [0.717, 1.165) is 11.3 Å². The minimum absolute atomic E-state index is 0.177. The Hall–Kier alpha value is -3.00. The van der Waals surface area contributed by atoms with Crippen LogP contribution < -0.4 is 5.56 Å². The van der Waals surface area contributed by atoms with Gasteiger partial charge in [0.2, 0.25) is 0 Å². The quantitative estimate of drug-likeness (QED) is 0.719. The molecular weight excluding hydrogens is 344 g/mol. The number of aromatic amines is 1. The maximum atomic E-state index is 12.3. The van der Waals surface area contributed by atoms with Gasteiger partial charge in [0.25, 0.3) is 5.56 Å². The largest absolute Gasteiger partial charge is 0.465 e. The summed E-state index contributed by atoms with van der Waals surface area (Å²) in [6, 6.07) is 8.51. The van der Waals surface area contributed by atoms with Gasteiger partial charge in [0.1, 0.15) is 22.1 Å². The van der Waals surface area contributed by atoms with Crippen LogP contribution in [-0.4, -0.2) is 29.0 Å². The fraction of sp³-hybridized carbons (Fsp3) is 0.176. The van der Waals surface area contributed by atoms with Crippen molar-refractivity contribution in [3.8, 4) is 0 Å². The smallest absolute Gasteiger partial charge is 0.348 e. The van der Waals surface area contributed by atoms with Crippen molar-refractivity contribution in [1.29, 1.82) is 0 Å². The minimum atomic E-state index is -0.517. The zero-order valence-corrected chi connectivity index (χ0v) is 14.3. The molecule has 0 atom stereocenters. The highest BCUT2D eigenvalue weighted by molar-refractivity contribution is 7.20. The highest BCUT2D eigenvalue weighted by Gasteiger charge is 2.20. The normalized spacial score (nSPS) is 10.6. The second kappa shape index (κ2) is 6.86. The Balaban J connectivity index is 1.87. The van der Waals surface area contributed by atoms with Crippen LogP contribution in [0.5, 0.6) is 0 Å². The van der Waals surface area contributed by atoms with Crippen LogP contribution in [0.1, 0.15) is 31.4 Å². The van der Waals surface area contributed by atoms with Gasteiger partial charge in [0.05, 0.1) is 18.1 Å². The minimum Gasteiger partial charge on any atom is -0.465 e. The molecule has 0 aliphatic carbocycles. The molecule has 8 heteroatoms. The first-order chi connectivity index (χ1) is 12.0. The Morgan fingerprint density at radius 3 is 2.60 bits per heavy atom. The number of esters is 2. The summed E-state index contributed by atoms with van der Waals surface area (Å²) >= 11 is 1.07. The van der Waals surface area contributed by atoms with Gasteiger partial charge in [-0.3, -0.25) is 4.79 Å². The summed E-state index contributed by atoms with van der Waals surface area (Å²) in [7, 11) is 1.28. The van der Waals surface area contributed by atoms with Crippen molar-refractivity contribution in [1.82, 2.24) is 9.97 Å². The predicted octanol–water partition coefficient (Wildman–Crippen LogP) is 2.44. The summed E-state index contributed by atoms with van der Waals surface area (Å²) in [5, 5.41) is 0.337. The van der Waals surface area contributed by atoms with Crippen molar-refractivity contribution in [2.75, 3.05) is 7.11 Å². The number of ether oxygens (including phenoxy) is 2. The van der Waals surface area contributed by atoms with Crippen LogP contribution in [0.4, 0.5) is 0 Å². The molecule has 25 heavy (non-hydrogen) atoms. The lowest BCUT2D eigenvalue weighted by Crippen LogP contribution is -2.14. The van der Waals surface area contributed by atoms with Crippen LogP contribution in [0.3, 0.4) is 0 Å². The zero-order valence-electron chi connectivity index (χ0n) is 13.5. The van der Waals surface area contributed by atoms with Gasteiger partial charge in [0, 0.05) is 0 Å². The molecule has 3 rings (SSSR count). The molecule has 3 aromatic rings. The monoisotopic (exact) mass is 358 g/mol. The van der Waals surface area contributed by atoms with E-state index in [1.54, 1.807) is 37.3 Å². The summed E-state index contributed by atoms with van der Waals surface area (Å²) in [5.41, 5.74) is 0.541. The van der Waals surface area contributed by atoms with Gasteiger partial charge < -0.3 is 14.5 Å². The van der Waals surface area contributed by atoms with E-state index < -0.39 is 11.9 Å². The molecular formula is C17H14N2O5S. The van der Waals surface area contributed by atoms with Gasteiger partial charge in [0.15, 0.2) is 0 Å². The molecule has 1 aromatic carbocycles. The summed E-state index contributed by atoms with van der Waals surface area (Å²) < 4.78 is 9.87. The van der Waals surface area contributed by atoms with Gasteiger partial charge in [-0.15, -0.1) is 11.3 Å². The van der Waals surface area contributed by atoms with E-state index in [0.29, 0.717) is 26.2 Å². The molecule has 2 aromatic heterocycles. The maximum absolute atomic E-state index is 12.3. The number of benzene rings is 1. The number of nitrogens with one attached hydrogen (secondary N) is 1. The molecule has 0 amide bonds. The van der Waals surface area contributed by atoms with E-state index in [9.17, 15) is 14.4 Å². The topological polar surface area (TPSA) is 98.3 Å². The molecule has 0 radical (unpaired) electrons. The first-order valence-corrected chi connectivity index (χ1v) is 8.15. The number of hydrogen-bond acceptors (Lipinski definition) is 7. The van der Waals surface area contributed by atoms with Crippen LogP contribution in [0, 0.1) is 6.92 Å². The molecule has 7 nitrogen and oxygen atoms in total. The third kappa shape index (κ3) is 3.29. The van der Waals surface area contributed by atoms with Crippen LogP contribution >= 0.6 is 11.3 Å². The highest BCUT2D eigenvalue weighted by atomic mass is 32.1. The number of fused-ring (bicyclic) bond motifs is 1. The number of H-pyrrole nitrogens is 1. The molecule has 1 N–H and O–H groups in total. The summed E-state index contributed by atoms with van der Waals surface area (Å²) in [6.45, 7) is 1.49. The molecule has 128 valence electrons. The van der Waals surface area contributed by atoms with Gasteiger partial charge >= 0.3 is 11.9 Å². The third-order valence-electron chi connectivity index (χ3n) is 3.57. The fourth-order valence-corrected chi connectivity index (χ4v) is 3.45. The number of hydrogen-bond donors (Lipinski definition) is 1. The Morgan fingerprint density at radius 2 is 1.92 bits per heavy atom. The molecule has 0 saturated carbocycles. The number of carbonyl (C=O) groups excluding carboxylic acids is 2. The third-order valence-corrected chi connectivity index (χ3v) is 4.74. The number of aromatic nitrogens is 2. The molecule has 0 unspecified atom stereocenters. The molecule has 0 aliphatic heterocycles. The molecule has 2 heterocycles. The maximum Gasteiger partial charge on any atom is 0.348 e. The van der Waals surface area contributed by atoms with Gasteiger partial charge in [-0.2, -0.15) is 0 Å². The van der Waals surface area contributed by atoms with Gasteiger partial charge in [-0.05, 0) is 24.6 Å². The van der Waals surface area contributed by atoms with Crippen molar-refractivity contribution < 1.29 is 19.1 Å². The molecule has 0 aliphatic rings. The number of methoxy groups -OCH3 is 1. The number of nitrogens with zero attached hydrogens (tertiary/aromatic N) is 1. The number of carbonyl (C=O) groups is 2. The van der Waals surface area contributed by atoms with E-state index >= 15 is 0 Å². The van der Waals surface area contributed by atoms with Crippen molar-refractivity contribution >= 4 is 33.5 Å². The number of aryl methyl sites for hydroxylation is 1. The highest BCUT2D eigenvalue weighted by Crippen LogP contribution is 2.27.